The number of anilines is 1. The molecule has 2 aromatic rings. The van der Waals surface area contributed by atoms with Crippen LogP contribution >= 0.6 is 11.6 Å². The Balaban J connectivity index is 1.37. The Morgan fingerprint density at radius 3 is 2.66 bits per heavy atom. The maximum absolute atomic E-state index is 12.9. The van der Waals surface area contributed by atoms with Gasteiger partial charge in [0.15, 0.2) is 0 Å². The van der Waals surface area contributed by atoms with Crippen LogP contribution < -0.4 is 15.4 Å². The molecule has 2 N–H and O–H groups in total. The van der Waals surface area contributed by atoms with E-state index in [1.54, 1.807) is 12.1 Å². The highest BCUT2D eigenvalue weighted by molar-refractivity contribution is 6.31. The number of nitrogens with zero attached hydrogens (tertiary/aromatic N) is 1. The van der Waals surface area contributed by atoms with Gasteiger partial charge in [0.25, 0.3) is 5.91 Å². The molecule has 0 saturated carbocycles. The van der Waals surface area contributed by atoms with Crippen molar-refractivity contribution >= 4 is 41.1 Å². The Morgan fingerprint density at radius 1 is 1.17 bits per heavy atom. The number of rotatable bonds is 5. The zero-order valence-corrected chi connectivity index (χ0v) is 18.5. The molecule has 1 unspecified atom stereocenters. The Morgan fingerprint density at radius 2 is 1.94 bits per heavy atom. The van der Waals surface area contributed by atoms with Crippen LogP contribution in [0.2, 0.25) is 5.02 Å². The van der Waals surface area contributed by atoms with Gasteiger partial charge >= 0.3 is 12.5 Å². The second kappa shape index (κ2) is 9.45. The van der Waals surface area contributed by atoms with Crippen LogP contribution in [-0.4, -0.2) is 41.1 Å². The third kappa shape index (κ3) is 5.83. The number of hydrogen-bond donors (Lipinski definition) is 2. The van der Waals surface area contributed by atoms with E-state index in [0.717, 1.165) is 12.1 Å². The van der Waals surface area contributed by atoms with Crippen LogP contribution in [0, 0.1) is 0 Å². The fourth-order valence-electron chi connectivity index (χ4n) is 3.82. The summed E-state index contributed by atoms with van der Waals surface area (Å²) in [5, 5.41) is 4.39. The highest BCUT2D eigenvalue weighted by Gasteiger charge is 2.39. The standard InChI is InChI=1S/C22H17ClF3N3O6/c23-13-6-14(8-15(7-13)35-22(24,25)26)27-21(33)34-10-11-1-2-12-9-29(20(32)16(12)5-11)17-3-4-18(30)28-19(17)31/h1-2,5-8,17H,3-4,9-10H2,(H,27,33)(H,28,30,31). The molecule has 4 rings (SSSR count). The monoisotopic (exact) mass is 511 g/mol. The van der Waals surface area contributed by atoms with Gasteiger partial charge in [-0.25, -0.2) is 4.79 Å². The van der Waals surface area contributed by atoms with E-state index in [1.165, 1.54) is 17.0 Å². The molecule has 1 atom stereocenters. The lowest BCUT2D eigenvalue weighted by molar-refractivity contribution is -0.274. The summed E-state index contributed by atoms with van der Waals surface area (Å²) in [5.74, 6) is -1.89. The van der Waals surface area contributed by atoms with Gasteiger partial charge in [-0.3, -0.25) is 25.0 Å². The van der Waals surface area contributed by atoms with Crippen molar-refractivity contribution in [2.24, 2.45) is 0 Å². The minimum absolute atomic E-state index is 0.0780. The van der Waals surface area contributed by atoms with E-state index >= 15 is 0 Å². The van der Waals surface area contributed by atoms with Crippen LogP contribution in [0.1, 0.15) is 34.3 Å². The second-order valence-corrected chi connectivity index (χ2v) is 8.25. The van der Waals surface area contributed by atoms with E-state index in [-0.39, 0.29) is 48.5 Å². The number of benzene rings is 2. The number of hydrogen-bond acceptors (Lipinski definition) is 6. The van der Waals surface area contributed by atoms with E-state index in [9.17, 15) is 32.3 Å². The van der Waals surface area contributed by atoms with E-state index in [2.05, 4.69) is 15.4 Å². The highest BCUT2D eigenvalue weighted by Crippen LogP contribution is 2.30. The van der Waals surface area contributed by atoms with Gasteiger partial charge in [0, 0.05) is 35.3 Å². The molecule has 9 nitrogen and oxygen atoms in total. The fraction of sp³-hybridized carbons (Fsp3) is 0.273. The second-order valence-electron chi connectivity index (χ2n) is 7.82. The summed E-state index contributed by atoms with van der Waals surface area (Å²) in [6, 6.07) is 7.18. The van der Waals surface area contributed by atoms with Crippen molar-refractivity contribution in [1.82, 2.24) is 10.2 Å². The number of ether oxygens (including phenoxy) is 2. The maximum Gasteiger partial charge on any atom is 0.573 e. The summed E-state index contributed by atoms with van der Waals surface area (Å²) in [6.45, 7) is -0.0313. The minimum atomic E-state index is -4.93. The third-order valence-electron chi connectivity index (χ3n) is 5.31. The average molecular weight is 512 g/mol. The number of fused-ring (bicyclic) bond motifs is 1. The first-order valence-electron chi connectivity index (χ1n) is 10.2. The van der Waals surface area contributed by atoms with Gasteiger partial charge < -0.3 is 14.4 Å². The number of alkyl halides is 3. The van der Waals surface area contributed by atoms with E-state index in [1.807, 2.05) is 0 Å². The first-order valence-corrected chi connectivity index (χ1v) is 10.6. The zero-order valence-electron chi connectivity index (χ0n) is 17.8. The van der Waals surface area contributed by atoms with Crippen LogP contribution in [-0.2, 0) is 27.5 Å². The number of halogens is 4. The van der Waals surface area contributed by atoms with Crippen LogP contribution in [0.25, 0.3) is 0 Å². The predicted molar refractivity (Wildman–Crippen MR) is 114 cm³/mol. The Bertz CT molecular complexity index is 1220. The number of carbonyl (C=O) groups is 4. The molecule has 35 heavy (non-hydrogen) atoms. The molecule has 0 aromatic heterocycles. The topological polar surface area (TPSA) is 114 Å². The molecule has 2 aromatic carbocycles. The fourth-order valence-corrected chi connectivity index (χ4v) is 4.05. The van der Waals surface area contributed by atoms with E-state index in [0.29, 0.717) is 16.7 Å². The highest BCUT2D eigenvalue weighted by atomic mass is 35.5. The zero-order chi connectivity index (χ0) is 25.3. The molecule has 4 amide bonds. The molecule has 2 aliphatic heterocycles. The molecule has 2 heterocycles. The van der Waals surface area contributed by atoms with Crippen molar-refractivity contribution in [3.8, 4) is 5.75 Å². The number of imide groups is 1. The average Bonchev–Trinajstić information content (AvgIpc) is 3.06. The summed E-state index contributed by atoms with van der Waals surface area (Å²) < 4.78 is 46.2. The molecular formula is C22H17ClF3N3O6. The Kier molecular flexibility index (Phi) is 6.57. The first kappa shape index (κ1) is 24.3. The van der Waals surface area contributed by atoms with Gasteiger partial charge in [0.2, 0.25) is 11.8 Å². The summed E-state index contributed by atoms with van der Waals surface area (Å²) in [7, 11) is 0. The lowest BCUT2D eigenvalue weighted by Crippen LogP contribution is -2.52. The van der Waals surface area contributed by atoms with Crippen molar-refractivity contribution in [2.75, 3.05) is 5.32 Å². The summed E-state index contributed by atoms with van der Waals surface area (Å²) >= 11 is 5.77. The van der Waals surface area contributed by atoms with Crippen molar-refractivity contribution in [3.63, 3.8) is 0 Å². The third-order valence-corrected chi connectivity index (χ3v) is 5.53. The quantitative estimate of drug-likeness (QED) is 0.591. The number of nitrogens with one attached hydrogen (secondary N) is 2. The molecule has 0 spiro atoms. The summed E-state index contributed by atoms with van der Waals surface area (Å²) in [5.41, 5.74) is 1.43. The smallest absolute Gasteiger partial charge is 0.444 e. The van der Waals surface area contributed by atoms with Gasteiger partial charge in [-0.2, -0.15) is 0 Å². The van der Waals surface area contributed by atoms with Crippen molar-refractivity contribution in [3.05, 3.63) is 58.1 Å². The molecule has 0 aliphatic carbocycles. The molecule has 0 radical (unpaired) electrons. The van der Waals surface area contributed by atoms with Crippen LogP contribution in [0.3, 0.4) is 0 Å². The number of piperidine rings is 1. The molecule has 184 valence electrons. The largest absolute Gasteiger partial charge is 0.573 e. The molecule has 13 heteroatoms. The van der Waals surface area contributed by atoms with Crippen LogP contribution in [0.4, 0.5) is 23.7 Å². The first-order chi connectivity index (χ1) is 16.5. The molecule has 2 aliphatic rings. The van der Waals surface area contributed by atoms with Crippen molar-refractivity contribution < 1.29 is 41.8 Å². The van der Waals surface area contributed by atoms with Crippen LogP contribution in [0.5, 0.6) is 5.75 Å². The van der Waals surface area contributed by atoms with Gasteiger partial charge in [-0.1, -0.05) is 23.7 Å². The molecule has 1 fully saturated rings. The minimum Gasteiger partial charge on any atom is -0.444 e. The van der Waals surface area contributed by atoms with E-state index in [4.69, 9.17) is 16.3 Å². The van der Waals surface area contributed by atoms with Crippen molar-refractivity contribution in [1.29, 1.82) is 0 Å². The van der Waals surface area contributed by atoms with Gasteiger partial charge in [0.05, 0.1) is 0 Å². The molecule has 0 bridgehead atoms. The number of carbonyl (C=O) groups excluding carboxylic acids is 4. The lowest BCUT2D eigenvalue weighted by Gasteiger charge is -2.29. The Labute approximate surface area is 201 Å². The normalized spacial score (nSPS) is 17.7. The lowest BCUT2D eigenvalue weighted by atomic mass is 10.0. The predicted octanol–water partition coefficient (Wildman–Crippen LogP) is 3.75. The van der Waals surface area contributed by atoms with Gasteiger partial charge in [-0.05, 0) is 35.7 Å². The summed E-state index contributed by atoms with van der Waals surface area (Å²) in [6.07, 6.45) is -5.52. The summed E-state index contributed by atoms with van der Waals surface area (Å²) in [4.78, 5) is 49.9. The van der Waals surface area contributed by atoms with Gasteiger partial charge in [0.1, 0.15) is 18.4 Å². The number of amides is 4. The Hall–Kier alpha value is -3.80. The van der Waals surface area contributed by atoms with Crippen LogP contribution in [0.15, 0.2) is 36.4 Å². The van der Waals surface area contributed by atoms with Gasteiger partial charge in [-0.15, -0.1) is 13.2 Å². The molecule has 1 saturated heterocycles. The van der Waals surface area contributed by atoms with Crippen molar-refractivity contribution in [2.45, 2.75) is 38.4 Å². The molecular weight excluding hydrogens is 495 g/mol. The maximum atomic E-state index is 12.9. The van der Waals surface area contributed by atoms with E-state index < -0.39 is 30.2 Å². The SMILES string of the molecule is O=C1CCC(N2Cc3ccc(COC(=O)Nc4cc(Cl)cc(OC(F)(F)F)c4)cc3C2=O)C(=O)N1.